The van der Waals surface area contributed by atoms with E-state index in [1.165, 1.54) is 0 Å². The molecule has 0 aromatic carbocycles. The number of carbonyl (C=O) groups is 1. The molecule has 1 saturated carbocycles. The normalized spacial score (nSPS) is 15.8. The predicted octanol–water partition coefficient (Wildman–Crippen LogP) is 1.74. The van der Waals surface area contributed by atoms with Gasteiger partial charge in [-0.1, -0.05) is 6.92 Å². The maximum absolute atomic E-state index is 10.5. The van der Waals surface area contributed by atoms with Gasteiger partial charge in [-0.15, -0.1) is 0 Å². The molecule has 1 aromatic rings. The summed E-state index contributed by atoms with van der Waals surface area (Å²) >= 11 is 0. The van der Waals surface area contributed by atoms with Gasteiger partial charge < -0.3 is 9.52 Å². The fourth-order valence-electron chi connectivity index (χ4n) is 1.55. The van der Waals surface area contributed by atoms with Crippen molar-refractivity contribution in [3.8, 4) is 0 Å². The second kappa shape index (κ2) is 3.44. The van der Waals surface area contributed by atoms with E-state index in [4.69, 9.17) is 9.52 Å². The minimum absolute atomic E-state index is 0.111. The Morgan fingerprint density at radius 3 is 2.86 bits per heavy atom. The third-order valence-corrected chi connectivity index (χ3v) is 2.36. The van der Waals surface area contributed by atoms with Crippen LogP contribution in [0.1, 0.15) is 43.0 Å². The highest BCUT2D eigenvalue weighted by molar-refractivity contribution is 5.68. The molecule has 0 aliphatic heterocycles. The lowest BCUT2D eigenvalue weighted by atomic mass is 10.2. The van der Waals surface area contributed by atoms with Gasteiger partial charge in [0.25, 0.3) is 0 Å². The van der Waals surface area contributed by atoms with E-state index in [1.54, 1.807) is 0 Å². The third-order valence-electron chi connectivity index (χ3n) is 2.36. The monoisotopic (exact) mass is 195 g/mol. The largest absolute Gasteiger partial charge is 0.481 e. The topological polar surface area (TPSA) is 63.3 Å². The lowest BCUT2D eigenvalue weighted by molar-refractivity contribution is -0.136. The molecule has 1 fully saturated rings. The molecule has 0 radical (unpaired) electrons. The Morgan fingerprint density at radius 1 is 1.64 bits per heavy atom. The zero-order valence-corrected chi connectivity index (χ0v) is 8.12. The quantitative estimate of drug-likeness (QED) is 0.794. The van der Waals surface area contributed by atoms with E-state index in [9.17, 15) is 4.79 Å². The summed E-state index contributed by atoms with van der Waals surface area (Å²) in [5.74, 6) is 0.840. The van der Waals surface area contributed by atoms with Gasteiger partial charge >= 0.3 is 5.97 Å². The minimum Gasteiger partial charge on any atom is -0.481 e. The van der Waals surface area contributed by atoms with Crippen molar-refractivity contribution in [2.24, 2.45) is 0 Å². The van der Waals surface area contributed by atoms with Crippen LogP contribution in [-0.4, -0.2) is 16.1 Å². The van der Waals surface area contributed by atoms with Crippen molar-refractivity contribution in [1.82, 2.24) is 4.98 Å². The second-order valence-corrected chi connectivity index (χ2v) is 3.61. The van der Waals surface area contributed by atoms with E-state index in [1.807, 2.05) is 6.92 Å². The first kappa shape index (κ1) is 9.24. The van der Waals surface area contributed by atoms with Crippen LogP contribution in [0.4, 0.5) is 0 Å². The number of hydrogen-bond acceptors (Lipinski definition) is 3. The molecule has 4 nitrogen and oxygen atoms in total. The highest BCUT2D eigenvalue weighted by Gasteiger charge is 2.30. The summed E-state index contributed by atoms with van der Waals surface area (Å²) in [5.41, 5.74) is 0.990. The Kier molecular flexibility index (Phi) is 2.27. The Bertz CT molecular complexity index is 352. The smallest absolute Gasteiger partial charge is 0.312 e. The Labute approximate surface area is 81.9 Å². The van der Waals surface area contributed by atoms with E-state index < -0.39 is 5.97 Å². The lowest BCUT2D eigenvalue weighted by Crippen LogP contribution is -2.00. The minimum atomic E-state index is -0.892. The zero-order valence-electron chi connectivity index (χ0n) is 8.12. The van der Waals surface area contributed by atoms with Gasteiger partial charge in [-0.3, -0.25) is 4.79 Å². The number of carboxylic acid groups (broad SMARTS) is 1. The van der Waals surface area contributed by atoms with Crippen LogP contribution in [-0.2, 0) is 17.6 Å². The van der Waals surface area contributed by atoms with E-state index in [2.05, 4.69) is 4.98 Å². The Morgan fingerprint density at radius 2 is 2.36 bits per heavy atom. The number of rotatable bonds is 4. The van der Waals surface area contributed by atoms with Crippen molar-refractivity contribution in [1.29, 1.82) is 0 Å². The molecule has 1 aliphatic rings. The third kappa shape index (κ3) is 1.78. The summed E-state index contributed by atoms with van der Waals surface area (Å²) in [6, 6.07) is 0. The van der Waals surface area contributed by atoms with Crippen LogP contribution >= 0.6 is 0 Å². The SMILES string of the molecule is CCc1oc(CC(=O)O)nc1C1CC1. The van der Waals surface area contributed by atoms with Crippen LogP contribution in [0.3, 0.4) is 0 Å². The van der Waals surface area contributed by atoms with Crippen LogP contribution in [0.15, 0.2) is 4.42 Å². The molecule has 0 atom stereocenters. The molecular formula is C10H13NO3. The summed E-state index contributed by atoms with van der Waals surface area (Å²) in [6.07, 6.45) is 3.00. The summed E-state index contributed by atoms with van der Waals surface area (Å²) in [4.78, 5) is 14.7. The summed E-state index contributed by atoms with van der Waals surface area (Å²) in [5, 5.41) is 8.59. The predicted molar refractivity (Wildman–Crippen MR) is 49.2 cm³/mol. The van der Waals surface area contributed by atoms with Crippen LogP contribution < -0.4 is 0 Å². The van der Waals surface area contributed by atoms with E-state index in [0.717, 1.165) is 30.7 Å². The van der Waals surface area contributed by atoms with Crippen molar-refractivity contribution in [3.63, 3.8) is 0 Å². The van der Waals surface area contributed by atoms with Crippen molar-refractivity contribution in [2.75, 3.05) is 0 Å². The highest BCUT2D eigenvalue weighted by atomic mass is 16.4. The van der Waals surface area contributed by atoms with E-state index in [0.29, 0.717) is 11.8 Å². The standard InChI is InChI=1S/C10H13NO3/c1-2-7-10(6-3-4-6)11-8(14-7)5-9(12)13/h6H,2-5H2,1H3,(H,12,13). The molecule has 14 heavy (non-hydrogen) atoms. The molecule has 1 heterocycles. The van der Waals surface area contributed by atoms with Crippen LogP contribution in [0.2, 0.25) is 0 Å². The van der Waals surface area contributed by atoms with Crippen molar-refractivity contribution in [2.45, 2.75) is 38.5 Å². The molecule has 1 N–H and O–H groups in total. The highest BCUT2D eigenvalue weighted by Crippen LogP contribution is 2.41. The van der Waals surface area contributed by atoms with Crippen LogP contribution in [0.25, 0.3) is 0 Å². The molecule has 0 amide bonds. The fourth-order valence-corrected chi connectivity index (χ4v) is 1.55. The molecular weight excluding hydrogens is 182 g/mol. The maximum atomic E-state index is 10.5. The van der Waals surface area contributed by atoms with Gasteiger partial charge in [0.05, 0.1) is 5.69 Å². The Balaban J connectivity index is 2.21. The van der Waals surface area contributed by atoms with Gasteiger partial charge in [-0.05, 0) is 12.8 Å². The fraction of sp³-hybridized carbons (Fsp3) is 0.600. The van der Waals surface area contributed by atoms with Gasteiger partial charge in [-0.25, -0.2) is 4.98 Å². The number of oxazole rings is 1. The second-order valence-electron chi connectivity index (χ2n) is 3.61. The Hall–Kier alpha value is -1.32. The first-order valence-corrected chi connectivity index (χ1v) is 4.91. The van der Waals surface area contributed by atoms with Gasteiger partial charge in [0, 0.05) is 12.3 Å². The van der Waals surface area contributed by atoms with Gasteiger partial charge in [0.2, 0.25) is 5.89 Å². The average Bonchev–Trinajstić information content (AvgIpc) is 2.88. The number of hydrogen-bond donors (Lipinski definition) is 1. The molecule has 0 bridgehead atoms. The number of aryl methyl sites for hydroxylation is 1. The van der Waals surface area contributed by atoms with Gasteiger partial charge in [-0.2, -0.15) is 0 Å². The number of carboxylic acids is 1. The van der Waals surface area contributed by atoms with Gasteiger partial charge in [0.15, 0.2) is 0 Å². The molecule has 4 heteroatoms. The summed E-state index contributed by atoms with van der Waals surface area (Å²) in [7, 11) is 0. The molecule has 0 unspecified atom stereocenters. The number of aromatic nitrogens is 1. The molecule has 2 rings (SSSR count). The number of nitrogens with zero attached hydrogens (tertiary/aromatic N) is 1. The van der Waals surface area contributed by atoms with Crippen LogP contribution in [0, 0.1) is 0 Å². The van der Waals surface area contributed by atoms with Gasteiger partial charge in [0.1, 0.15) is 12.2 Å². The summed E-state index contributed by atoms with van der Waals surface area (Å²) < 4.78 is 5.38. The van der Waals surface area contributed by atoms with Crippen molar-refractivity contribution < 1.29 is 14.3 Å². The summed E-state index contributed by atoms with van der Waals surface area (Å²) in [6.45, 7) is 2.00. The lowest BCUT2D eigenvalue weighted by Gasteiger charge is -1.91. The molecule has 0 spiro atoms. The molecule has 0 saturated heterocycles. The van der Waals surface area contributed by atoms with E-state index >= 15 is 0 Å². The molecule has 76 valence electrons. The first-order chi connectivity index (χ1) is 6.70. The van der Waals surface area contributed by atoms with Crippen LogP contribution in [0.5, 0.6) is 0 Å². The van der Waals surface area contributed by atoms with Crippen molar-refractivity contribution >= 4 is 5.97 Å². The average molecular weight is 195 g/mol. The first-order valence-electron chi connectivity index (χ1n) is 4.91. The molecule has 1 aromatic heterocycles. The maximum Gasteiger partial charge on any atom is 0.312 e. The number of aliphatic carboxylic acids is 1. The zero-order chi connectivity index (χ0) is 10.1. The van der Waals surface area contributed by atoms with Crippen molar-refractivity contribution in [3.05, 3.63) is 17.3 Å². The van der Waals surface area contributed by atoms with E-state index in [-0.39, 0.29) is 6.42 Å². The molecule has 1 aliphatic carbocycles.